The summed E-state index contributed by atoms with van der Waals surface area (Å²) in [5.74, 6) is -1.54. The molecule has 0 aliphatic carbocycles. The Labute approximate surface area is 97.0 Å². The second-order valence-electron chi connectivity index (χ2n) is 3.16. The second-order valence-corrected chi connectivity index (χ2v) is 4.42. The maximum atomic E-state index is 11.5. The lowest BCUT2D eigenvalue weighted by Gasteiger charge is -2.00. The van der Waals surface area contributed by atoms with Gasteiger partial charge in [0.2, 0.25) is 0 Å². The van der Waals surface area contributed by atoms with Gasteiger partial charge in [0.15, 0.2) is 6.61 Å². The van der Waals surface area contributed by atoms with Gasteiger partial charge in [0.1, 0.15) is 0 Å². The molecule has 1 aromatic rings. The lowest BCUT2D eigenvalue weighted by molar-refractivity contribution is -0.144. The van der Waals surface area contributed by atoms with Crippen molar-refractivity contribution in [3.05, 3.63) is 21.4 Å². The quantitative estimate of drug-likeness (QED) is 0.766. The molecular formula is C10H13NO4S. The van der Waals surface area contributed by atoms with Crippen molar-refractivity contribution in [2.24, 2.45) is 0 Å². The van der Waals surface area contributed by atoms with Crippen molar-refractivity contribution >= 4 is 23.2 Å². The predicted octanol–water partition coefficient (Wildman–Crippen LogP) is 1.36. The Balaban J connectivity index is 2.56. The number of carboxylic acids is 1. The Hall–Kier alpha value is -1.40. The first kappa shape index (κ1) is 12.7. The lowest BCUT2D eigenvalue weighted by Crippen LogP contribution is -2.25. The number of amides is 1. The van der Waals surface area contributed by atoms with Crippen LogP contribution in [0.15, 0.2) is 6.07 Å². The van der Waals surface area contributed by atoms with E-state index in [-0.39, 0.29) is 0 Å². The molecule has 16 heavy (non-hydrogen) atoms. The zero-order chi connectivity index (χ0) is 12.1. The van der Waals surface area contributed by atoms with Crippen molar-refractivity contribution in [2.45, 2.75) is 20.3 Å². The summed E-state index contributed by atoms with van der Waals surface area (Å²) in [7, 11) is 0. The van der Waals surface area contributed by atoms with Crippen LogP contribution in [0.25, 0.3) is 0 Å². The number of hydrogen-bond donors (Lipinski definition) is 2. The van der Waals surface area contributed by atoms with Crippen LogP contribution < -0.4 is 5.48 Å². The van der Waals surface area contributed by atoms with Crippen LogP contribution in [-0.4, -0.2) is 23.6 Å². The first-order valence-electron chi connectivity index (χ1n) is 4.77. The summed E-state index contributed by atoms with van der Waals surface area (Å²) in [6, 6.07) is 1.79. The Morgan fingerprint density at radius 2 is 2.25 bits per heavy atom. The summed E-state index contributed by atoms with van der Waals surface area (Å²) in [6.45, 7) is 3.41. The fourth-order valence-corrected chi connectivity index (χ4v) is 2.20. The van der Waals surface area contributed by atoms with Gasteiger partial charge in [-0.05, 0) is 25.0 Å². The smallest absolute Gasteiger partial charge is 0.332 e. The third kappa shape index (κ3) is 3.32. The fourth-order valence-electron chi connectivity index (χ4n) is 1.20. The molecule has 0 bridgehead atoms. The summed E-state index contributed by atoms with van der Waals surface area (Å²) in [5.41, 5.74) is 3.20. The first-order valence-corrected chi connectivity index (χ1v) is 5.59. The van der Waals surface area contributed by atoms with E-state index in [0.29, 0.717) is 4.88 Å². The van der Waals surface area contributed by atoms with E-state index in [1.807, 2.05) is 13.8 Å². The molecule has 0 radical (unpaired) electrons. The van der Waals surface area contributed by atoms with Crippen molar-refractivity contribution in [1.29, 1.82) is 0 Å². The minimum atomic E-state index is -1.13. The Kier molecular flexibility index (Phi) is 4.45. The predicted molar refractivity (Wildman–Crippen MR) is 59.5 cm³/mol. The number of carbonyl (C=O) groups is 2. The molecule has 1 rings (SSSR count). The normalized spacial score (nSPS) is 10.1. The van der Waals surface area contributed by atoms with Gasteiger partial charge in [-0.2, -0.15) is 0 Å². The summed E-state index contributed by atoms with van der Waals surface area (Å²) >= 11 is 1.37. The van der Waals surface area contributed by atoms with Crippen LogP contribution in [0.2, 0.25) is 0 Å². The molecule has 0 aliphatic rings. The highest BCUT2D eigenvalue weighted by atomic mass is 32.1. The number of aliphatic carboxylic acids is 1. The molecule has 0 saturated carbocycles. The number of carbonyl (C=O) groups excluding carboxylic acids is 1. The van der Waals surface area contributed by atoms with Crippen molar-refractivity contribution in [2.75, 3.05) is 6.61 Å². The van der Waals surface area contributed by atoms with Crippen LogP contribution in [0.3, 0.4) is 0 Å². The van der Waals surface area contributed by atoms with Crippen LogP contribution in [-0.2, 0) is 16.1 Å². The third-order valence-corrected chi connectivity index (χ3v) is 3.08. The molecule has 1 aromatic heterocycles. The number of carboxylic acid groups (broad SMARTS) is 1. The molecule has 0 unspecified atom stereocenters. The van der Waals surface area contributed by atoms with Gasteiger partial charge in [-0.15, -0.1) is 11.3 Å². The number of thiophene rings is 1. The van der Waals surface area contributed by atoms with Crippen LogP contribution in [0.4, 0.5) is 0 Å². The largest absolute Gasteiger partial charge is 0.479 e. The van der Waals surface area contributed by atoms with E-state index in [9.17, 15) is 9.59 Å². The number of nitrogens with one attached hydrogen (secondary N) is 1. The van der Waals surface area contributed by atoms with Crippen molar-refractivity contribution < 1.29 is 19.5 Å². The maximum absolute atomic E-state index is 11.5. The minimum absolute atomic E-state index is 0.408. The zero-order valence-electron chi connectivity index (χ0n) is 9.07. The van der Waals surface area contributed by atoms with E-state index in [2.05, 4.69) is 10.3 Å². The number of aryl methyl sites for hydroxylation is 2. The van der Waals surface area contributed by atoms with E-state index in [1.54, 1.807) is 6.07 Å². The zero-order valence-corrected chi connectivity index (χ0v) is 9.89. The van der Waals surface area contributed by atoms with E-state index >= 15 is 0 Å². The average molecular weight is 243 g/mol. The molecule has 0 spiro atoms. The van der Waals surface area contributed by atoms with E-state index in [1.165, 1.54) is 11.3 Å². The first-order chi connectivity index (χ1) is 7.54. The van der Waals surface area contributed by atoms with Crippen LogP contribution in [0.5, 0.6) is 0 Å². The van der Waals surface area contributed by atoms with Gasteiger partial charge in [0.05, 0.1) is 4.88 Å². The van der Waals surface area contributed by atoms with Crippen LogP contribution >= 0.6 is 11.3 Å². The highest BCUT2D eigenvalue weighted by molar-refractivity contribution is 7.14. The van der Waals surface area contributed by atoms with Crippen LogP contribution in [0, 0.1) is 6.92 Å². The number of hydroxylamine groups is 1. The maximum Gasteiger partial charge on any atom is 0.332 e. The third-order valence-electron chi connectivity index (χ3n) is 1.99. The molecule has 5 nitrogen and oxygen atoms in total. The van der Waals surface area contributed by atoms with Gasteiger partial charge < -0.3 is 5.11 Å². The molecule has 6 heteroatoms. The standard InChI is InChI=1S/C10H13NO4S/c1-3-7-4-8(16-6(7)2)10(14)11-15-5-9(12)13/h4H,3,5H2,1-2H3,(H,11,14)(H,12,13). The van der Waals surface area contributed by atoms with Gasteiger partial charge in [-0.25, -0.2) is 10.3 Å². The Morgan fingerprint density at radius 3 is 2.75 bits per heavy atom. The minimum Gasteiger partial charge on any atom is -0.479 e. The summed E-state index contributed by atoms with van der Waals surface area (Å²) < 4.78 is 0. The summed E-state index contributed by atoms with van der Waals surface area (Å²) in [4.78, 5) is 27.8. The molecule has 1 heterocycles. The lowest BCUT2D eigenvalue weighted by atomic mass is 10.2. The highest BCUT2D eigenvalue weighted by Gasteiger charge is 2.11. The molecule has 0 aliphatic heterocycles. The van der Waals surface area contributed by atoms with Gasteiger partial charge in [0, 0.05) is 4.88 Å². The highest BCUT2D eigenvalue weighted by Crippen LogP contribution is 2.21. The van der Waals surface area contributed by atoms with Crippen molar-refractivity contribution in [1.82, 2.24) is 5.48 Å². The van der Waals surface area contributed by atoms with Gasteiger partial charge in [-0.1, -0.05) is 6.92 Å². The topological polar surface area (TPSA) is 75.6 Å². The van der Waals surface area contributed by atoms with E-state index < -0.39 is 18.5 Å². The van der Waals surface area contributed by atoms with E-state index in [0.717, 1.165) is 16.9 Å². The van der Waals surface area contributed by atoms with Crippen molar-refractivity contribution in [3.8, 4) is 0 Å². The monoisotopic (exact) mass is 243 g/mol. The SMILES string of the molecule is CCc1cc(C(=O)NOCC(=O)O)sc1C. The summed E-state index contributed by atoms with van der Waals surface area (Å²) in [6.07, 6.45) is 0.867. The second kappa shape index (κ2) is 5.62. The Morgan fingerprint density at radius 1 is 1.56 bits per heavy atom. The Bertz CT molecular complexity index is 400. The van der Waals surface area contributed by atoms with Gasteiger partial charge >= 0.3 is 5.97 Å². The molecule has 1 amide bonds. The molecule has 88 valence electrons. The number of rotatable bonds is 5. The van der Waals surface area contributed by atoms with Crippen molar-refractivity contribution in [3.63, 3.8) is 0 Å². The van der Waals surface area contributed by atoms with E-state index in [4.69, 9.17) is 5.11 Å². The van der Waals surface area contributed by atoms with Crippen LogP contribution in [0.1, 0.15) is 27.0 Å². The molecule has 0 saturated heterocycles. The molecule has 2 N–H and O–H groups in total. The summed E-state index contributed by atoms with van der Waals surface area (Å²) in [5, 5.41) is 8.31. The molecule has 0 atom stereocenters. The van der Waals surface area contributed by atoms with Gasteiger partial charge in [0.25, 0.3) is 5.91 Å². The average Bonchev–Trinajstić information content (AvgIpc) is 2.59. The number of hydrogen-bond acceptors (Lipinski definition) is 4. The molecule has 0 aromatic carbocycles. The van der Waals surface area contributed by atoms with Gasteiger partial charge in [-0.3, -0.25) is 9.63 Å². The molecule has 0 fully saturated rings. The molecular weight excluding hydrogens is 230 g/mol. The fraction of sp³-hybridized carbons (Fsp3) is 0.400.